The van der Waals surface area contributed by atoms with Crippen molar-refractivity contribution in [2.45, 2.75) is 20.0 Å². The monoisotopic (exact) mass is 286 g/mol. The predicted octanol–water partition coefficient (Wildman–Crippen LogP) is 0.624. The molecule has 2 rings (SSSR count). The van der Waals surface area contributed by atoms with Gasteiger partial charge < -0.3 is 15.2 Å². The first kappa shape index (κ1) is 14.8. The Morgan fingerprint density at radius 2 is 1.86 bits per heavy atom. The van der Waals surface area contributed by atoms with Gasteiger partial charge in [0.25, 0.3) is 0 Å². The van der Waals surface area contributed by atoms with Gasteiger partial charge in [-0.05, 0) is 12.5 Å². The topological polar surface area (TPSA) is 76.0 Å². The number of carbonyl (C=O) groups is 2. The molecular formula is C15H18N4O2. The first-order valence-electron chi connectivity index (χ1n) is 6.74. The third kappa shape index (κ3) is 4.45. The summed E-state index contributed by atoms with van der Waals surface area (Å²) in [6.45, 7) is 3.19. The van der Waals surface area contributed by atoms with E-state index in [4.69, 9.17) is 0 Å². The van der Waals surface area contributed by atoms with Gasteiger partial charge in [0.05, 0.1) is 0 Å². The first-order valence-corrected chi connectivity index (χ1v) is 6.74. The zero-order valence-electron chi connectivity index (χ0n) is 11.9. The summed E-state index contributed by atoms with van der Waals surface area (Å²) in [5, 5.41) is 5.17. The van der Waals surface area contributed by atoms with Crippen molar-refractivity contribution in [1.29, 1.82) is 0 Å². The fourth-order valence-corrected chi connectivity index (χ4v) is 1.87. The largest absolute Gasteiger partial charge is 0.346 e. The van der Waals surface area contributed by atoms with E-state index in [1.807, 2.05) is 48.0 Å². The lowest BCUT2D eigenvalue weighted by molar-refractivity contribution is -0.139. The number of carbonyl (C=O) groups excluding carboxylic acids is 2. The number of nitrogens with one attached hydrogen (secondary N) is 2. The molecular weight excluding hydrogens is 268 g/mol. The summed E-state index contributed by atoms with van der Waals surface area (Å²) in [6.07, 6.45) is 3.53. The lowest BCUT2D eigenvalue weighted by Crippen LogP contribution is -2.40. The van der Waals surface area contributed by atoms with Crippen molar-refractivity contribution in [3.63, 3.8) is 0 Å². The van der Waals surface area contributed by atoms with Crippen molar-refractivity contribution in [1.82, 2.24) is 20.2 Å². The maximum absolute atomic E-state index is 11.6. The summed E-state index contributed by atoms with van der Waals surface area (Å²) in [6, 6.07) is 9.44. The van der Waals surface area contributed by atoms with E-state index < -0.39 is 11.8 Å². The normalized spacial score (nSPS) is 10.1. The van der Waals surface area contributed by atoms with Gasteiger partial charge in [0.15, 0.2) is 0 Å². The number of hydrogen-bond acceptors (Lipinski definition) is 3. The minimum absolute atomic E-state index is 0.341. The van der Waals surface area contributed by atoms with Crippen LogP contribution in [-0.4, -0.2) is 27.9 Å². The number of benzene rings is 1. The standard InChI is InChI=1S/C15H18N4O2/c1-12-16-7-9-19(12)10-8-17-14(20)15(21)18-11-13-5-3-2-4-6-13/h2-7,9H,8,10-11H2,1H3,(H,17,20)(H,18,21). The Kier molecular flexibility index (Phi) is 5.09. The molecule has 2 N–H and O–H groups in total. The average molecular weight is 286 g/mol. The summed E-state index contributed by atoms with van der Waals surface area (Å²) in [5.74, 6) is -0.373. The number of nitrogens with zero attached hydrogens (tertiary/aromatic N) is 2. The van der Waals surface area contributed by atoms with E-state index in [1.54, 1.807) is 6.20 Å². The fraction of sp³-hybridized carbons (Fsp3) is 0.267. The Hall–Kier alpha value is -2.63. The zero-order valence-corrected chi connectivity index (χ0v) is 11.9. The summed E-state index contributed by atoms with van der Waals surface area (Å²) in [5.41, 5.74) is 0.952. The van der Waals surface area contributed by atoms with E-state index in [1.165, 1.54) is 0 Å². The van der Waals surface area contributed by atoms with Gasteiger partial charge in [-0.25, -0.2) is 4.98 Å². The van der Waals surface area contributed by atoms with Crippen LogP contribution in [0.25, 0.3) is 0 Å². The smallest absolute Gasteiger partial charge is 0.309 e. The highest BCUT2D eigenvalue weighted by molar-refractivity contribution is 6.35. The zero-order chi connectivity index (χ0) is 15.1. The fourth-order valence-electron chi connectivity index (χ4n) is 1.87. The Morgan fingerprint density at radius 3 is 2.52 bits per heavy atom. The van der Waals surface area contributed by atoms with Crippen molar-refractivity contribution in [2.24, 2.45) is 0 Å². The van der Waals surface area contributed by atoms with Gasteiger partial charge in [-0.1, -0.05) is 30.3 Å². The van der Waals surface area contributed by atoms with E-state index in [0.29, 0.717) is 19.6 Å². The van der Waals surface area contributed by atoms with Crippen LogP contribution in [0.1, 0.15) is 11.4 Å². The highest BCUT2D eigenvalue weighted by atomic mass is 16.2. The molecule has 21 heavy (non-hydrogen) atoms. The molecule has 0 atom stereocenters. The Bertz CT molecular complexity index is 607. The average Bonchev–Trinajstić information content (AvgIpc) is 2.91. The van der Waals surface area contributed by atoms with Crippen molar-refractivity contribution in [3.05, 3.63) is 54.1 Å². The number of amides is 2. The van der Waals surface area contributed by atoms with Crippen LogP contribution in [0.5, 0.6) is 0 Å². The second-order valence-corrected chi connectivity index (χ2v) is 4.59. The minimum atomic E-state index is -0.624. The second kappa shape index (κ2) is 7.23. The van der Waals surface area contributed by atoms with Crippen LogP contribution in [0.4, 0.5) is 0 Å². The van der Waals surface area contributed by atoms with E-state index in [9.17, 15) is 9.59 Å². The summed E-state index contributed by atoms with van der Waals surface area (Å²) in [7, 11) is 0. The van der Waals surface area contributed by atoms with Crippen LogP contribution in [0, 0.1) is 6.92 Å². The first-order chi connectivity index (χ1) is 10.2. The van der Waals surface area contributed by atoms with E-state index in [2.05, 4.69) is 15.6 Å². The van der Waals surface area contributed by atoms with Crippen LogP contribution in [0.15, 0.2) is 42.7 Å². The van der Waals surface area contributed by atoms with Gasteiger partial charge in [-0.2, -0.15) is 0 Å². The molecule has 6 heteroatoms. The Morgan fingerprint density at radius 1 is 1.14 bits per heavy atom. The van der Waals surface area contributed by atoms with Gasteiger partial charge in [0.1, 0.15) is 5.82 Å². The van der Waals surface area contributed by atoms with Crippen LogP contribution in [-0.2, 0) is 22.7 Å². The molecule has 0 unspecified atom stereocenters. The molecule has 0 aliphatic rings. The highest BCUT2D eigenvalue weighted by Gasteiger charge is 2.12. The SMILES string of the molecule is Cc1nccn1CCNC(=O)C(=O)NCc1ccccc1. The third-order valence-electron chi connectivity index (χ3n) is 3.06. The van der Waals surface area contributed by atoms with Crippen LogP contribution < -0.4 is 10.6 Å². The van der Waals surface area contributed by atoms with Gasteiger partial charge in [0.2, 0.25) is 0 Å². The van der Waals surface area contributed by atoms with Crippen LogP contribution in [0.2, 0.25) is 0 Å². The summed E-state index contributed by atoms with van der Waals surface area (Å²) in [4.78, 5) is 27.3. The van der Waals surface area contributed by atoms with E-state index >= 15 is 0 Å². The molecule has 0 radical (unpaired) electrons. The maximum atomic E-state index is 11.6. The van der Waals surface area contributed by atoms with Gasteiger partial charge in [-0.15, -0.1) is 0 Å². The number of aryl methyl sites for hydroxylation is 1. The van der Waals surface area contributed by atoms with Crippen LogP contribution >= 0.6 is 0 Å². The molecule has 2 amide bonds. The molecule has 2 aromatic rings. The van der Waals surface area contributed by atoms with E-state index in [0.717, 1.165) is 11.4 Å². The van der Waals surface area contributed by atoms with Crippen molar-refractivity contribution in [2.75, 3.05) is 6.54 Å². The van der Waals surface area contributed by atoms with Crippen molar-refractivity contribution < 1.29 is 9.59 Å². The number of hydrogen-bond donors (Lipinski definition) is 2. The van der Waals surface area contributed by atoms with Gasteiger partial charge in [0, 0.05) is 32.0 Å². The van der Waals surface area contributed by atoms with Crippen molar-refractivity contribution in [3.8, 4) is 0 Å². The van der Waals surface area contributed by atoms with Crippen molar-refractivity contribution >= 4 is 11.8 Å². The second-order valence-electron chi connectivity index (χ2n) is 4.59. The molecule has 1 heterocycles. The Balaban J connectivity index is 1.70. The molecule has 0 saturated carbocycles. The molecule has 0 bridgehead atoms. The molecule has 0 aliphatic heterocycles. The number of imidazole rings is 1. The third-order valence-corrected chi connectivity index (χ3v) is 3.06. The highest BCUT2D eigenvalue weighted by Crippen LogP contribution is 1.97. The van der Waals surface area contributed by atoms with Gasteiger partial charge >= 0.3 is 11.8 Å². The molecule has 0 saturated heterocycles. The quantitative estimate of drug-likeness (QED) is 0.791. The Labute approximate surface area is 123 Å². The van der Waals surface area contributed by atoms with Gasteiger partial charge in [-0.3, -0.25) is 9.59 Å². The predicted molar refractivity (Wildman–Crippen MR) is 78.3 cm³/mol. The molecule has 0 spiro atoms. The molecule has 1 aromatic carbocycles. The molecule has 110 valence electrons. The summed E-state index contributed by atoms with van der Waals surface area (Å²) < 4.78 is 1.90. The summed E-state index contributed by atoms with van der Waals surface area (Å²) >= 11 is 0. The molecule has 0 aliphatic carbocycles. The number of aromatic nitrogens is 2. The molecule has 1 aromatic heterocycles. The molecule has 0 fully saturated rings. The van der Waals surface area contributed by atoms with E-state index in [-0.39, 0.29) is 0 Å². The number of rotatable bonds is 5. The minimum Gasteiger partial charge on any atom is -0.346 e. The maximum Gasteiger partial charge on any atom is 0.309 e. The lowest BCUT2D eigenvalue weighted by atomic mass is 10.2. The van der Waals surface area contributed by atoms with Crippen LogP contribution in [0.3, 0.4) is 0 Å². The lowest BCUT2D eigenvalue weighted by Gasteiger charge is -2.08. The molecule has 6 nitrogen and oxygen atoms in total.